The lowest BCUT2D eigenvalue weighted by Gasteiger charge is -2.26. The molecule has 1 unspecified atom stereocenters. The van der Waals surface area contributed by atoms with Gasteiger partial charge in [-0.3, -0.25) is 4.79 Å². The van der Waals surface area contributed by atoms with Gasteiger partial charge in [0.1, 0.15) is 17.9 Å². The maximum atomic E-state index is 12.4. The summed E-state index contributed by atoms with van der Waals surface area (Å²) in [6, 6.07) is 5.28. The molecule has 0 N–H and O–H groups in total. The Labute approximate surface area is 143 Å². The minimum Gasteiger partial charge on any atom is -0.462 e. The normalized spacial score (nSPS) is 14.3. The van der Waals surface area contributed by atoms with Crippen molar-refractivity contribution >= 4 is 23.3 Å². The molecular weight excluding hydrogens is 343 g/mol. The van der Waals surface area contributed by atoms with E-state index in [4.69, 9.17) is 4.74 Å². The summed E-state index contributed by atoms with van der Waals surface area (Å²) in [5, 5.41) is 2.19. The van der Waals surface area contributed by atoms with Gasteiger partial charge in [-0.1, -0.05) is 12.1 Å². The van der Waals surface area contributed by atoms with Crippen LogP contribution >= 0.6 is 12.2 Å². The number of thiocarbonyl (C=S) groups is 1. The molecule has 0 saturated heterocycles. The Morgan fingerprint density at radius 2 is 1.88 bits per heavy atom. The van der Waals surface area contributed by atoms with Gasteiger partial charge in [0.2, 0.25) is 0 Å². The zero-order chi connectivity index (χ0) is 18.6. The largest absolute Gasteiger partial charge is 0.573 e. The van der Waals surface area contributed by atoms with Crippen molar-refractivity contribution in [3.63, 3.8) is 0 Å². The van der Waals surface area contributed by atoms with Crippen LogP contribution < -0.4 is 4.74 Å². The van der Waals surface area contributed by atoms with Crippen molar-refractivity contribution in [2.75, 3.05) is 6.61 Å². The van der Waals surface area contributed by atoms with E-state index in [1.165, 1.54) is 18.2 Å². The van der Waals surface area contributed by atoms with E-state index in [2.05, 4.69) is 27.1 Å². The first-order valence-electron chi connectivity index (χ1n) is 7.00. The van der Waals surface area contributed by atoms with Crippen LogP contribution in [-0.2, 0) is 15.1 Å². The molecule has 0 aliphatic rings. The summed E-state index contributed by atoms with van der Waals surface area (Å²) in [7, 11) is 0. The highest BCUT2D eigenvalue weighted by Gasteiger charge is 2.34. The molecule has 0 heterocycles. The summed E-state index contributed by atoms with van der Waals surface area (Å²) in [6.45, 7) is 6.45. The van der Waals surface area contributed by atoms with Crippen molar-refractivity contribution in [2.45, 2.75) is 39.6 Å². The van der Waals surface area contributed by atoms with Crippen molar-refractivity contribution in [3.05, 3.63) is 29.8 Å². The first-order chi connectivity index (χ1) is 10.9. The summed E-state index contributed by atoms with van der Waals surface area (Å²) in [5.41, 5.74) is -1.54. The van der Waals surface area contributed by atoms with Crippen LogP contribution in [-0.4, -0.2) is 24.1 Å². The Hall–Kier alpha value is -1.92. The fraction of sp³-hybridized carbons (Fsp3) is 0.500. The van der Waals surface area contributed by atoms with Crippen LogP contribution in [0.25, 0.3) is 0 Å². The third kappa shape index (κ3) is 5.94. The standard InChI is InChI=1S/C16H18F3NO3S/c1-14(2,3)13(21)22-9-15(4,20-10-24)11-6-5-7-12(8-11)23-16(17,18)19/h5-8H,9H2,1-4H3. The van der Waals surface area contributed by atoms with Crippen LogP contribution in [0.4, 0.5) is 13.2 Å². The molecule has 0 aliphatic heterocycles. The third-order valence-electron chi connectivity index (χ3n) is 3.08. The number of hydrogen-bond donors (Lipinski definition) is 0. The summed E-state index contributed by atoms with van der Waals surface area (Å²) in [6.07, 6.45) is -4.80. The predicted molar refractivity (Wildman–Crippen MR) is 85.9 cm³/mol. The lowest BCUT2D eigenvalue weighted by atomic mass is 9.93. The van der Waals surface area contributed by atoms with E-state index in [1.54, 1.807) is 33.8 Å². The molecule has 0 spiro atoms. The topological polar surface area (TPSA) is 47.9 Å². The SMILES string of the molecule is CC(C)(C)C(=O)OCC(C)(N=C=S)c1cccc(OC(F)(F)F)c1. The minimum atomic E-state index is -4.80. The average molecular weight is 361 g/mol. The number of nitrogens with zero attached hydrogens (tertiary/aromatic N) is 1. The lowest BCUT2D eigenvalue weighted by Crippen LogP contribution is -2.32. The van der Waals surface area contributed by atoms with Crippen LogP contribution in [0, 0.1) is 5.41 Å². The number of rotatable bonds is 5. The molecule has 0 saturated carbocycles. The van der Waals surface area contributed by atoms with Crippen LogP contribution in [0.5, 0.6) is 5.75 Å². The number of halogens is 3. The van der Waals surface area contributed by atoms with Gasteiger partial charge in [0.05, 0.1) is 10.6 Å². The highest BCUT2D eigenvalue weighted by Crippen LogP contribution is 2.31. The Bertz CT molecular complexity index is 649. The van der Waals surface area contributed by atoms with Crippen LogP contribution in [0.2, 0.25) is 0 Å². The van der Waals surface area contributed by atoms with E-state index in [0.717, 1.165) is 0 Å². The van der Waals surface area contributed by atoms with Gasteiger partial charge in [-0.2, -0.15) is 0 Å². The molecule has 0 amide bonds. The van der Waals surface area contributed by atoms with Gasteiger partial charge in [-0.25, -0.2) is 4.99 Å². The van der Waals surface area contributed by atoms with Crippen LogP contribution in [0.15, 0.2) is 29.3 Å². The smallest absolute Gasteiger partial charge is 0.462 e. The van der Waals surface area contributed by atoms with Gasteiger partial charge in [-0.05, 0) is 57.6 Å². The van der Waals surface area contributed by atoms with Crippen molar-refractivity contribution < 1.29 is 27.4 Å². The maximum Gasteiger partial charge on any atom is 0.573 e. The summed E-state index contributed by atoms with van der Waals surface area (Å²) < 4.78 is 46.2. The number of carbonyl (C=O) groups is 1. The molecule has 4 nitrogen and oxygen atoms in total. The molecule has 0 aliphatic carbocycles. The van der Waals surface area contributed by atoms with Crippen molar-refractivity contribution in [1.82, 2.24) is 0 Å². The molecule has 8 heteroatoms. The molecule has 1 atom stereocenters. The van der Waals surface area contributed by atoms with Crippen molar-refractivity contribution in [2.24, 2.45) is 10.4 Å². The Kier molecular flexibility index (Phi) is 6.14. The van der Waals surface area contributed by atoms with Gasteiger partial charge in [0.25, 0.3) is 0 Å². The molecule has 24 heavy (non-hydrogen) atoms. The summed E-state index contributed by atoms with van der Waals surface area (Å²) in [5.74, 6) is -0.857. The predicted octanol–water partition coefficient (Wildman–Crippen LogP) is 4.49. The monoisotopic (exact) mass is 361 g/mol. The average Bonchev–Trinajstić information content (AvgIpc) is 2.42. The molecule has 1 rings (SSSR count). The Balaban J connectivity index is 3.08. The minimum absolute atomic E-state index is 0.192. The van der Waals surface area contributed by atoms with E-state index >= 15 is 0 Å². The number of benzene rings is 1. The zero-order valence-electron chi connectivity index (χ0n) is 13.7. The van der Waals surface area contributed by atoms with Gasteiger partial charge in [0.15, 0.2) is 0 Å². The summed E-state index contributed by atoms with van der Waals surface area (Å²) in [4.78, 5) is 15.9. The second-order valence-corrected chi connectivity index (χ2v) is 6.56. The number of alkyl halides is 3. The number of carbonyl (C=O) groups excluding carboxylic acids is 1. The number of aliphatic imine (C=N–C) groups is 1. The van der Waals surface area contributed by atoms with Crippen molar-refractivity contribution in [3.8, 4) is 5.75 Å². The molecule has 132 valence electrons. The Morgan fingerprint density at radius 1 is 1.25 bits per heavy atom. The van der Waals surface area contributed by atoms with Gasteiger partial charge in [-0.15, -0.1) is 13.2 Å². The molecule has 0 bridgehead atoms. The second-order valence-electron chi connectivity index (χ2n) is 6.38. The second kappa shape index (κ2) is 7.32. The highest BCUT2D eigenvalue weighted by molar-refractivity contribution is 7.78. The quantitative estimate of drug-likeness (QED) is 0.440. The molecule has 0 aromatic heterocycles. The van der Waals surface area contributed by atoms with E-state index in [-0.39, 0.29) is 6.61 Å². The third-order valence-corrected chi connectivity index (χ3v) is 3.17. The van der Waals surface area contributed by atoms with Crippen LogP contribution in [0.1, 0.15) is 33.3 Å². The van der Waals surface area contributed by atoms with Crippen molar-refractivity contribution in [1.29, 1.82) is 0 Å². The molecule has 0 fully saturated rings. The highest BCUT2D eigenvalue weighted by atomic mass is 32.1. The summed E-state index contributed by atoms with van der Waals surface area (Å²) >= 11 is 4.61. The lowest BCUT2D eigenvalue weighted by molar-refractivity contribution is -0.274. The molecule has 1 aromatic carbocycles. The van der Waals surface area contributed by atoms with E-state index < -0.39 is 29.0 Å². The van der Waals surface area contributed by atoms with E-state index in [9.17, 15) is 18.0 Å². The molecule has 1 aromatic rings. The van der Waals surface area contributed by atoms with Gasteiger partial charge < -0.3 is 9.47 Å². The number of esters is 1. The van der Waals surface area contributed by atoms with Gasteiger partial charge in [0, 0.05) is 0 Å². The number of ether oxygens (including phenoxy) is 2. The maximum absolute atomic E-state index is 12.4. The Morgan fingerprint density at radius 3 is 2.38 bits per heavy atom. The number of isothiocyanates is 1. The molecular formula is C16H18F3NO3S. The first kappa shape index (κ1) is 20.1. The fourth-order valence-corrected chi connectivity index (χ4v) is 1.93. The van der Waals surface area contributed by atoms with Gasteiger partial charge >= 0.3 is 12.3 Å². The van der Waals surface area contributed by atoms with Crippen LogP contribution in [0.3, 0.4) is 0 Å². The van der Waals surface area contributed by atoms with E-state index in [1.807, 2.05) is 0 Å². The number of hydrogen-bond acceptors (Lipinski definition) is 5. The first-order valence-corrected chi connectivity index (χ1v) is 7.41. The fourth-order valence-electron chi connectivity index (χ4n) is 1.73. The van der Waals surface area contributed by atoms with E-state index in [0.29, 0.717) is 5.56 Å². The molecule has 0 radical (unpaired) electrons. The zero-order valence-corrected chi connectivity index (χ0v) is 14.5.